The molecule has 0 rings (SSSR count). The monoisotopic (exact) mass is 165 g/mol. The van der Waals surface area contributed by atoms with E-state index in [1.807, 2.05) is 0 Å². The molecule has 0 atom stereocenters. The molecule has 0 heterocycles. The Morgan fingerprint density at radius 2 is 1.67 bits per heavy atom. The first-order valence-corrected chi connectivity index (χ1v) is 4.09. The van der Waals surface area contributed by atoms with E-state index in [4.69, 9.17) is 0 Å². The lowest BCUT2D eigenvalue weighted by Crippen LogP contribution is -2.37. The van der Waals surface area contributed by atoms with Gasteiger partial charge in [0, 0.05) is 5.41 Å². The normalized spacial score (nSPS) is 12.3. The van der Waals surface area contributed by atoms with Gasteiger partial charge < -0.3 is 0 Å². The standard InChI is InChI=1S/C11H19N/c1-8-9(2)10(3,4)11(5,6)12-7/h8H,1-2,7H2,3-6H3. The molecule has 0 aromatic rings. The average Bonchev–Trinajstić information content (AvgIpc) is 2.02. The van der Waals surface area contributed by atoms with Crippen LogP contribution in [0.3, 0.4) is 0 Å². The quantitative estimate of drug-likeness (QED) is 0.448. The van der Waals surface area contributed by atoms with Crippen molar-refractivity contribution in [1.82, 2.24) is 0 Å². The van der Waals surface area contributed by atoms with Crippen LogP contribution in [0.4, 0.5) is 0 Å². The molecule has 0 N–H and O–H groups in total. The summed E-state index contributed by atoms with van der Waals surface area (Å²) in [7, 11) is 0. The Morgan fingerprint density at radius 3 is 1.92 bits per heavy atom. The first-order valence-electron chi connectivity index (χ1n) is 4.09. The molecule has 0 radical (unpaired) electrons. The zero-order valence-electron chi connectivity index (χ0n) is 8.65. The van der Waals surface area contributed by atoms with Crippen molar-refractivity contribution in [3.05, 3.63) is 24.8 Å². The molecule has 0 saturated carbocycles. The molecule has 68 valence electrons. The molecule has 0 amide bonds. The Balaban J connectivity index is 4.95. The van der Waals surface area contributed by atoms with Gasteiger partial charge in [-0.15, -0.1) is 0 Å². The van der Waals surface area contributed by atoms with E-state index in [0.29, 0.717) is 0 Å². The lowest BCUT2D eigenvalue weighted by Gasteiger charge is -2.39. The maximum atomic E-state index is 4.10. The second-order valence-corrected chi connectivity index (χ2v) is 4.07. The summed E-state index contributed by atoms with van der Waals surface area (Å²) in [6.07, 6.45) is 1.78. The largest absolute Gasteiger partial charge is 0.294 e. The molecule has 0 spiro atoms. The van der Waals surface area contributed by atoms with E-state index in [1.54, 1.807) is 6.08 Å². The molecular weight excluding hydrogens is 146 g/mol. The fraction of sp³-hybridized carbons (Fsp3) is 0.545. The molecule has 0 aliphatic rings. The lowest BCUT2D eigenvalue weighted by molar-refractivity contribution is 0.264. The maximum absolute atomic E-state index is 4.10. The van der Waals surface area contributed by atoms with Crippen LogP contribution in [-0.4, -0.2) is 12.3 Å². The summed E-state index contributed by atoms with van der Waals surface area (Å²) in [4.78, 5) is 4.10. The fourth-order valence-corrected chi connectivity index (χ4v) is 0.846. The highest BCUT2D eigenvalue weighted by Crippen LogP contribution is 2.39. The molecule has 12 heavy (non-hydrogen) atoms. The molecular formula is C11H19N. The Hall–Kier alpha value is -0.850. The van der Waals surface area contributed by atoms with Crippen molar-refractivity contribution < 1.29 is 0 Å². The first-order chi connectivity index (χ1) is 5.29. The van der Waals surface area contributed by atoms with Gasteiger partial charge in [0.1, 0.15) is 0 Å². The van der Waals surface area contributed by atoms with Crippen LogP contribution in [0.5, 0.6) is 0 Å². The number of allylic oxidation sites excluding steroid dienone is 1. The first kappa shape index (κ1) is 11.2. The summed E-state index contributed by atoms with van der Waals surface area (Å²) in [6, 6.07) is 0. The molecule has 0 aliphatic carbocycles. The van der Waals surface area contributed by atoms with Crippen LogP contribution >= 0.6 is 0 Å². The Bertz CT molecular complexity index is 209. The van der Waals surface area contributed by atoms with Crippen molar-refractivity contribution in [2.75, 3.05) is 0 Å². The summed E-state index contributed by atoms with van der Waals surface area (Å²) in [5, 5.41) is 0. The van der Waals surface area contributed by atoms with Gasteiger partial charge in [0.05, 0.1) is 5.54 Å². The van der Waals surface area contributed by atoms with Gasteiger partial charge in [-0.25, -0.2) is 0 Å². The Morgan fingerprint density at radius 1 is 1.25 bits per heavy atom. The van der Waals surface area contributed by atoms with Crippen molar-refractivity contribution in [3.8, 4) is 0 Å². The number of nitrogens with zero attached hydrogens (tertiary/aromatic N) is 1. The van der Waals surface area contributed by atoms with Gasteiger partial charge in [0.25, 0.3) is 0 Å². The predicted octanol–water partition coefficient (Wildman–Crippen LogP) is 3.23. The third-order valence-electron chi connectivity index (χ3n) is 2.97. The minimum absolute atomic E-state index is 0.0868. The minimum atomic E-state index is -0.196. The van der Waals surface area contributed by atoms with Crippen LogP contribution in [0, 0.1) is 5.41 Å². The smallest absolute Gasteiger partial charge is 0.0635 e. The number of hydrogen-bond donors (Lipinski definition) is 0. The fourth-order valence-electron chi connectivity index (χ4n) is 0.846. The van der Waals surface area contributed by atoms with E-state index in [0.717, 1.165) is 5.57 Å². The third-order valence-corrected chi connectivity index (χ3v) is 2.97. The molecule has 0 aromatic heterocycles. The highest BCUT2D eigenvalue weighted by atomic mass is 14.8. The summed E-state index contributed by atoms with van der Waals surface area (Å²) >= 11 is 0. The van der Waals surface area contributed by atoms with E-state index in [9.17, 15) is 0 Å². The van der Waals surface area contributed by atoms with Crippen molar-refractivity contribution in [3.63, 3.8) is 0 Å². The molecule has 0 aromatic carbocycles. The van der Waals surface area contributed by atoms with Crippen molar-refractivity contribution in [1.29, 1.82) is 0 Å². The van der Waals surface area contributed by atoms with Gasteiger partial charge >= 0.3 is 0 Å². The number of hydrogen-bond acceptors (Lipinski definition) is 1. The molecule has 1 heteroatoms. The van der Waals surface area contributed by atoms with Crippen LogP contribution in [0.1, 0.15) is 27.7 Å². The number of rotatable bonds is 4. The summed E-state index contributed by atoms with van der Waals surface area (Å²) in [5.74, 6) is 0. The van der Waals surface area contributed by atoms with Gasteiger partial charge in [-0.05, 0) is 26.1 Å². The second-order valence-electron chi connectivity index (χ2n) is 4.07. The van der Waals surface area contributed by atoms with Crippen LogP contribution in [0.15, 0.2) is 29.8 Å². The van der Waals surface area contributed by atoms with Gasteiger partial charge in [-0.2, -0.15) is 0 Å². The van der Waals surface area contributed by atoms with Crippen LogP contribution in [-0.2, 0) is 0 Å². The zero-order valence-corrected chi connectivity index (χ0v) is 8.65. The van der Waals surface area contributed by atoms with Gasteiger partial charge in [0.2, 0.25) is 0 Å². The second kappa shape index (κ2) is 3.26. The molecule has 0 bridgehead atoms. The van der Waals surface area contributed by atoms with Crippen molar-refractivity contribution >= 4 is 6.72 Å². The van der Waals surface area contributed by atoms with E-state index < -0.39 is 0 Å². The molecule has 0 unspecified atom stereocenters. The lowest BCUT2D eigenvalue weighted by atomic mass is 9.70. The summed E-state index contributed by atoms with van der Waals surface area (Å²) in [6.45, 7) is 19.6. The van der Waals surface area contributed by atoms with Crippen LogP contribution < -0.4 is 0 Å². The van der Waals surface area contributed by atoms with Gasteiger partial charge in [-0.3, -0.25) is 4.99 Å². The van der Waals surface area contributed by atoms with E-state index in [-0.39, 0.29) is 11.0 Å². The van der Waals surface area contributed by atoms with E-state index in [1.165, 1.54) is 0 Å². The number of aliphatic imine (C=N–C) groups is 1. The molecule has 0 fully saturated rings. The zero-order chi connectivity index (χ0) is 9.99. The topological polar surface area (TPSA) is 12.4 Å². The van der Waals surface area contributed by atoms with E-state index in [2.05, 4.69) is 52.6 Å². The minimum Gasteiger partial charge on any atom is -0.294 e. The SMILES string of the molecule is C=CC(=C)C(C)(C)C(C)(C)N=C. The van der Waals surface area contributed by atoms with Crippen LogP contribution in [0.2, 0.25) is 0 Å². The predicted molar refractivity (Wildman–Crippen MR) is 56.7 cm³/mol. The Kier molecular flexibility index (Phi) is 3.03. The highest BCUT2D eigenvalue weighted by molar-refractivity contribution is 5.31. The average molecular weight is 165 g/mol. The van der Waals surface area contributed by atoms with Crippen LogP contribution in [0.25, 0.3) is 0 Å². The van der Waals surface area contributed by atoms with Gasteiger partial charge in [-0.1, -0.05) is 33.1 Å². The van der Waals surface area contributed by atoms with Crippen molar-refractivity contribution in [2.45, 2.75) is 33.2 Å². The maximum Gasteiger partial charge on any atom is 0.0635 e. The summed E-state index contributed by atoms with van der Waals surface area (Å²) < 4.78 is 0. The van der Waals surface area contributed by atoms with Crippen molar-refractivity contribution in [2.24, 2.45) is 10.4 Å². The molecule has 0 aliphatic heterocycles. The molecule has 1 nitrogen and oxygen atoms in total. The van der Waals surface area contributed by atoms with Gasteiger partial charge in [0.15, 0.2) is 0 Å². The molecule has 0 saturated heterocycles. The van der Waals surface area contributed by atoms with E-state index >= 15 is 0 Å². The summed E-state index contributed by atoms with van der Waals surface area (Å²) in [5.41, 5.74) is 0.717. The Labute approximate surface area is 75.9 Å². The highest BCUT2D eigenvalue weighted by Gasteiger charge is 2.37. The third kappa shape index (κ3) is 1.66.